The Kier molecular flexibility index (Phi) is 5.03. The highest BCUT2D eigenvalue weighted by atomic mass is 14.6. The average Bonchev–Trinajstić information content (AvgIpc) is 2.03. The van der Waals surface area contributed by atoms with Crippen molar-refractivity contribution in [1.29, 1.82) is 5.41 Å². The summed E-state index contributed by atoms with van der Waals surface area (Å²) < 4.78 is 0. The lowest BCUT2D eigenvalue weighted by molar-refractivity contribution is 1.04. The summed E-state index contributed by atoms with van der Waals surface area (Å²) in [5, 5.41) is 6.94. The van der Waals surface area contributed by atoms with Gasteiger partial charge in [-0.25, -0.2) is 0 Å². The Labute approximate surface area is 67.6 Å². The van der Waals surface area contributed by atoms with Gasteiger partial charge in [0.2, 0.25) is 0 Å². The smallest absolute Gasteiger partial charge is 0.0648 e. The van der Waals surface area contributed by atoms with E-state index < -0.39 is 0 Å². The van der Waals surface area contributed by atoms with Gasteiger partial charge in [0.1, 0.15) is 0 Å². The first-order valence-corrected chi connectivity index (χ1v) is 3.47. The molecular formula is C9H14N2. The minimum atomic E-state index is -0.316. The van der Waals surface area contributed by atoms with Crippen molar-refractivity contribution in [2.45, 2.75) is 13.0 Å². The van der Waals surface area contributed by atoms with Gasteiger partial charge in [-0.05, 0) is 12.5 Å². The second kappa shape index (κ2) is 5.62. The summed E-state index contributed by atoms with van der Waals surface area (Å²) >= 11 is 0. The SMILES string of the molecule is C=C/C=C(\C=C/C)[C@@H](N)C=N. The van der Waals surface area contributed by atoms with Gasteiger partial charge in [-0.2, -0.15) is 0 Å². The topological polar surface area (TPSA) is 49.9 Å². The fourth-order valence-electron chi connectivity index (χ4n) is 0.703. The van der Waals surface area contributed by atoms with E-state index in [0.717, 1.165) is 5.57 Å². The van der Waals surface area contributed by atoms with Crippen molar-refractivity contribution in [2.24, 2.45) is 5.73 Å². The standard InChI is InChI=1S/C9H14N2/c1-3-5-8(6-4-2)9(11)7-10/h3-7,9-10H,1,11H2,2H3/b6-4-,8-5+,10-7?/t9-/m0/s1. The third kappa shape index (κ3) is 3.53. The minimum Gasteiger partial charge on any atom is -0.320 e. The molecule has 0 amide bonds. The van der Waals surface area contributed by atoms with Gasteiger partial charge in [0.15, 0.2) is 0 Å². The van der Waals surface area contributed by atoms with Crippen molar-refractivity contribution in [2.75, 3.05) is 0 Å². The Morgan fingerprint density at radius 3 is 2.64 bits per heavy atom. The maximum atomic E-state index is 6.94. The van der Waals surface area contributed by atoms with Crippen LogP contribution in [0.15, 0.2) is 36.5 Å². The summed E-state index contributed by atoms with van der Waals surface area (Å²) in [6.07, 6.45) is 8.43. The normalized spacial score (nSPS) is 14.9. The van der Waals surface area contributed by atoms with Crippen LogP contribution in [0.25, 0.3) is 0 Å². The third-order valence-electron chi connectivity index (χ3n) is 1.23. The predicted octanol–water partition coefficient (Wildman–Crippen LogP) is 1.65. The van der Waals surface area contributed by atoms with Crippen LogP contribution in [-0.4, -0.2) is 12.3 Å². The van der Waals surface area contributed by atoms with Gasteiger partial charge < -0.3 is 11.1 Å². The van der Waals surface area contributed by atoms with E-state index in [4.69, 9.17) is 11.1 Å². The van der Waals surface area contributed by atoms with Crippen LogP contribution >= 0.6 is 0 Å². The zero-order chi connectivity index (χ0) is 8.69. The van der Waals surface area contributed by atoms with Crippen molar-refractivity contribution >= 4 is 6.21 Å². The van der Waals surface area contributed by atoms with E-state index in [1.54, 1.807) is 12.2 Å². The minimum absolute atomic E-state index is 0.316. The molecule has 0 aliphatic carbocycles. The molecule has 0 radical (unpaired) electrons. The summed E-state index contributed by atoms with van der Waals surface area (Å²) in [6.45, 7) is 5.47. The Hall–Kier alpha value is -1.15. The lowest BCUT2D eigenvalue weighted by atomic mass is 10.1. The second-order valence-corrected chi connectivity index (χ2v) is 2.09. The van der Waals surface area contributed by atoms with E-state index in [9.17, 15) is 0 Å². The van der Waals surface area contributed by atoms with Crippen LogP contribution in [-0.2, 0) is 0 Å². The van der Waals surface area contributed by atoms with Gasteiger partial charge >= 0.3 is 0 Å². The molecule has 0 unspecified atom stereocenters. The number of allylic oxidation sites excluding steroid dienone is 3. The molecule has 0 spiro atoms. The van der Waals surface area contributed by atoms with Crippen LogP contribution in [0.2, 0.25) is 0 Å². The van der Waals surface area contributed by atoms with E-state index in [2.05, 4.69) is 6.58 Å². The molecule has 0 aliphatic rings. The molecule has 2 nitrogen and oxygen atoms in total. The molecule has 0 saturated carbocycles. The van der Waals surface area contributed by atoms with Gasteiger partial charge in [-0.1, -0.05) is 30.9 Å². The van der Waals surface area contributed by atoms with Crippen molar-refractivity contribution in [3.63, 3.8) is 0 Å². The van der Waals surface area contributed by atoms with Crippen LogP contribution in [0.5, 0.6) is 0 Å². The third-order valence-corrected chi connectivity index (χ3v) is 1.23. The maximum absolute atomic E-state index is 6.94. The highest BCUT2D eigenvalue weighted by Gasteiger charge is 1.99. The van der Waals surface area contributed by atoms with Gasteiger partial charge in [0.25, 0.3) is 0 Å². The first-order valence-electron chi connectivity index (χ1n) is 3.47. The lowest BCUT2D eigenvalue weighted by Gasteiger charge is -2.04. The molecule has 1 atom stereocenters. The molecule has 0 saturated heterocycles. The highest BCUT2D eigenvalue weighted by molar-refractivity contribution is 5.67. The molecule has 0 bridgehead atoms. The van der Waals surface area contributed by atoms with Crippen molar-refractivity contribution in [3.05, 3.63) is 36.5 Å². The average molecular weight is 150 g/mol. The monoisotopic (exact) mass is 150 g/mol. The molecule has 0 heterocycles. The van der Waals surface area contributed by atoms with Crippen molar-refractivity contribution in [3.8, 4) is 0 Å². The van der Waals surface area contributed by atoms with Gasteiger partial charge in [-0.3, -0.25) is 0 Å². The van der Waals surface area contributed by atoms with Crippen LogP contribution in [0.3, 0.4) is 0 Å². The lowest BCUT2D eigenvalue weighted by Crippen LogP contribution is -2.22. The molecule has 0 rings (SSSR count). The fourth-order valence-corrected chi connectivity index (χ4v) is 0.703. The molecule has 0 aromatic carbocycles. The molecule has 0 aliphatic heterocycles. The number of nitrogens with two attached hydrogens (primary N) is 1. The van der Waals surface area contributed by atoms with Crippen molar-refractivity contribution < 1.29 is 0 Å². The van der Waals surface area contributed by atoms with E-state index >= 15 is 0 Å². The number of rotatable bonds is 4. The van der Waals surface area contributed by atoms with Crippen LogP contribution in [0, 0.1) is 5.41 Å². The van der Waals surface area contributed by atoms with E-state index in [1.807, 2.05) is 19.1 Å². The molecule has 11 heavy (non-hydrogen) atoms. The summed E-state index contributed by atoms with van der Waals surface area (Å²) in [7, 11) is 0. The zero-order valence-corrected chi connectivity index (χ0v) is 6.75. The summed E-state index contributed by atoms with van der Waals surface area (Å²) in [5.41, 5.74) is 6.48. The Balaban J connectivity index is 4.45. The largest absolute Gasteiger partial charge is 0.320 e. The molecule has 3 N–H and O–H groups in total. The second-order valence-electron chi connectivity index (χ2n) is 2.09. The van der Waals surface area contributed by atoms with Crippen LogP contribution in [0.4, 0.5) is 0 Å². The van der Waals surface area contributed by atoms with Crippen LogP contribution in [0.1, 0.15) is 6.92 Å². The summed E-state index contributed by atoms with van der Waals surface area (Å²) in [6, 6.07) is -0.316. The Morgan fingerprint density at radius 1 is 1.64 bits per heavy atom. The molecule has 2 heteroatoms. The predicted molar refractivity (Wildman–Crippen MR) is 49.9 cm³/mol. The summed E-state index contributed by atoms with van der Waals surface area (Å²) in [4.78, 5) is 0. The van der Waals surface area contributed by atoms with E-state index in [0.29, 0.717) is 0 Å². The summed E-state index contributed by atoms with van der Waals surface area (Å²) in [5.74, 6) is 0. The van der Waals surface area contributed by atoms with E-state index in [-0.39, 0.29) is 6.04 Å². The molecule has 0 aromatic heterocycles. The van der Waals surface area contributed by atoms with Gasteiger partial charge in [-0.15, -0.1) is 0 Å². The highest BCUT2D eigenvalue weighted by Crippen LogP contribution is 2.00. The number of hydrogen-bond acceptors (Lipinski definition) is 2. The van der Waals surface area contributed by atoms with Gasteiger partial charge in [0, 0.05) is 6.21 Å². The zero-order valence-electron chi connectivity index (χ0n) is 6.75. The Bertz CT molecular complexity index is 190. The Morgan fingerprint density at radius 2 is 2.27 bits per heavy atom. The van der Waals surface area contributed by atoms with E-state index in [1.165, 1.54) is 6.21 Å². The number of nitrogens with one attached hydrogen (secondary N) is 1. The molecule has 60 valence electrons. The first-order chi connectivity index (χ1) is 5.26. The molecule has 0 aromatic rings. The van der Waals surface area contributed by atoms with Crippen LogP contribution < -0.4 is 5.73 Å². The van der Waals surface area contributed by atoms with Crippen molar-refractivity contribution in [1.82, 2.24) is 0 Å². The van der Waals surface area contributed by atoms with Gasteiger partial charge in [0.05, 0.1) is 6.04 Å². The quantitative estimate of drug-likeness (QED) is 0.464. The fraction of sp³-hybridized carbons (Fsp3) is 0.222. The number of hydrogen-bond donors (Lipinski definition) is 2. The first kappa shape index (κ1) is 9.85. The molecule has 0 fully saturated rings. The maximum Gasteiger partial charge on any atom is 0.0648 e. The molecular weight excluding hydrogens is 136 g/mol.